The highest BCUT2D eigenvalue weighted by Gasteiger charge is 2.12. The van der Waals surface area contributed by atoms with Crippen molar-refractivity contribution in [3.8, 4) is 17.9 Å². The van der Waals surface area contributed by atoms with E-state index in [9.17, 15) is 14.9 Å². The molecular formula is C12H7N3O5. The molecule has 1 N–H and O–H groups in total. The molecule has 100 valence electrons. The maximum atomic E-state index is 10.7. The van der Waals surface area contributed by atoms with Crippen LogP contribution in [-0.4, -0.2) is 22.6 Å². The Hall–Kier alpha value is -3.39. The van der Waals surface area contributed by atoms with E-state index in [0.717, 1.165) is 18.2 Å². The van der Waals surface area contributed by atoms with Crippen LogP contribution in [0.15, 0.2) is 23.8 Å². The second-order valence-electron chi connectivity index (χ2n) is 3.44. The number of nitro groups is 1. The summed E-state index contributed by atoms with van der Waals surface area (Å²) in [7, 11) is 0. The van der Waals surface area contributed by atoms with Crippen LogP contribution in [0, 0.1) is 32.8 Å². The third-order valence-corrected chi connectivity index (χ3v) is 2.10. The third-order valence-electron chi connectivity index (χ3n) is 2.10. The molecule has 0 fully saturated rings. The summed E-state index contributed by atoms with van der Waals surface area (Å²) in [6.07, 6.45) is 1.09. The standard InChI is InChI=1S/C12H7N3O5/c13-5-8(6-14)3-9-4-10(15(18)19)1-2-11(9)20-7-12(16)17/h1-4H,7H2,(H,16,17). The Labute approximate surface area is 112 Å². The van der Waals surface area contributed by atoms with Gasteiger partial charge >= 0.3 is 5.97 Å². The van der Waals surface area contributed by atoms with Crippen LogP contribution in [0.5, 0.6) is 5.75 Å². The van der Waals surface area contributed by atoms with Crippen molar-refractivity contribution in [3.63, 3.8) is 0 Å². The van der Waals surface area contributed by atoms with Gasteiger partial charge in [0, 0.05) is 17.7 Å². The normalized spacial score (nSPS) is 8.90. The van der Waals surface area contributed by atoms with Gasteiger partial charge in [-0.25, -0.2) is 4.79 Å². The summed E-state index contributed by atoms with van der Waals surface area (Å²) in [4.78, 5) is 20.5. The molecule has 0 aliphatic heterocycles. The molecule has 0 heterocycles. The minimum absolute atomic E-state index is 0.0287. The molecule has 0 unspecified atom stereocenters. The minimum atomic E-state index is -1.22. The van der Waals surface area contributed by atoms with Gasteiger partial charge in [0.25, 0.3) is 5.69 Å². The molecule has 0 aliphatic carbocycles. The molecule has 0 atom stereocenters. The molecule has 0 saturated carbocycles. The van der Waals surface area contributed by atoms with Gasteiger partial charge in [0.1, 0.15) is 23.5 Å². The van der Waals surface area contributed by atoms with Gasteiger partial charge in [-0.1, -0.05) is 0 Å². The zero-order valence-corrected chi connectivity index (χ0v) is 9.94. The average molecular weight is 273 g/mol. The van der Waals surface area contributed by atoms with E-state index in [1.54, 1.807) is 12.1 Å². The Kier molecular flexibility index (Phi) is 4.78. The number of nitro benzene ring substituents is 1. The monoisotopic (exact) mass is 273 g/mol. The van der Waals surface area contributed by atoms with E-state index < -0.39 is 17.5 Å². The Morgan fingerprint density at radius 2 is 2.10 bits per heavy atom. The third kappa shape index (κ3) is 3.82. The highest BCUT2D eigenvalue weighted by molar-refractivity contribution is 5.71. The summed E-state index contributed by atoms with van der Waals surface area (Å²) in [6.45, 7) is -0.646. The van der Waals surface area contributed by atoms with Crippen LogP contribution < -0.4 is 4.74 Å². The lowest BCUT2D eigenvalue weighted by molar-refractivity contribution is -0.384. The van der Waals surface area contributed by atoms with Crippen molar-refractivity contribution in [1.82, 2.24) is 0 Å². The summed E-state index contributed by atoms with van der Waals surface area (Å²) in [6, 6.07) is 6.63. The van der Waals surface area contributed by atoms with Gasteiger partial charge in [-0.15, -0.1) is 0 Å². The zero-order chi connectivity index (χ0) is 15.1. The van der Waals surface area contributed by atoms with E-state index in [2.05, 4.69) is 0 Å². The van der Waals surface area contributed by atoms with Crippen molar-refractivity contribution in [3.05, 3.63) is 39.4 Å². The van der Waals surface area contributed by atoms with Gasteiger partial charge in [-0.2, -0.15) is 10.5 Å². The van der Waals surface area contributed by atoms with Crippen LogP contribution in [-0.2, 0) is 4.79 Å². The van der Waals surface area contributed by atoms with Gasteiger partial charge in [-0.3, -0.25) is 10.1 Å². The molecule has 0 amide bonds. The summed E-state index contributed by atoms with van der Waals surface area (Å²) in [5.41, 5.74) is -0.474. The Bertz CT molecular complexity index is 651. The van der Waals surface area contributed by atoms with Crippen LogP contribution in [0.2, 0.25) is 0 Å². The number of carboxylic acids is 1. The topological polar surface area (TPSA) is 137 Å². The number of nitrogens with zero attached hydrogens (tertiary/aromatic N) is 3. The zero-order valence-electron chi connectivity index (χ0n) is 9.94. The number of rotatable bonds is 5. The lowest BCUT2D eigenvalue weighted by atomic mass is 10.1. The molecule has 20 heavy (non-hydrogen) atoms. The van der Waals surface area contributed by atoms with Crippen LogP contribution in [0.4, 0.5) is 5.69 Å². The second-order valence-corrected chi connectivity index (χ2v) is 3.44. The highest BCUT2D eigenvalue weighted by atomic mass is 16.6. The summed E-state index contributed by atoms with van der Waals surface area (Å²) in [5, 5.41) is 36.5. The average Bonchev–Trinajstić information content (AvgIpc) is 2.42. The smallest absolute Gasteiger partial charge is 0.341 e. The van der Waals surface area contributed by atoms with Crippen LogP contribution >= 0.6 is 0 Å². The van der Waals surface area contributed by atoms with Crippen molar-refractivity contribution in [2.24, 2.45) is 0 Å². The fourth-order valence-corrected chi connectivity index (χ4v) is 1.28. The number of benzene rings is 1. The van der Waals surface area contributed by atoms with Crippen molar-refractivity contribution in [2.75, 3.05) is 6.61 Å². The van der Waals surface area contributed by atoms with Crippen LogP contribution in [0.25, 0.3) is 6.08 Å². The Morgan fingerprint density at radius 1 is 1.45 bits per heavy atom. The molecular weight excluding hydrogens is 266 g/mol. The number of non-ortho nitro benzene ring substituents is 1. The van der Waals surface area contributed by atoms with E-state index in [1.165, 1.54) is 6.07 Å². The maximum absolute atomic E-state index is 10.7. The number of carboxylic acid groups (broad SMARTS) is 1. The fourth-order valence-electron chi connectivity index (χ4n) is 1.28. The molecule has 8 heteroatoms. The molecule has 0 aliphatic rings. The lowest BCUT2D eigenvalue weighted by Gasteiger charge is -2.06. The Balaban J connectivity index is 3.27. The number of carbonyl (C=O) groups is 1. The molecule has 1 aromatic carbocycles. The molecule has 0 aromatic heterocycles. The Morgan fingerprint density at radius 3 is 2.60 bits per heavy atom. The van der Waals surface area contributed by atoms with Crippen molar-refractivity contribution < 1.29 is 19.6 Å². The number of allylic oxidation sites excluding steroid dienone is 1. The van der Waals surface area contributed by atoms with Crippen LogP contribution in [0.1, 0.15) is 5.56 Å². The number of hydrogen-bond donors (Lipinski definition) is 1. The number of hydrogen-bond acceptors (Lipinski definition) is 6. The first-order valence-corrected chi connectivity index (χ1v) is 5.13. The van der Waals surface area contributed by atoms with Gasteiger partial charge in [0.2, 0.25) is 0 Å². The van der Waals surface area contributed by atoms with E-state index >= 15 is 0 Å². The summed E-state index contributed by atoms with van der Waals surface area (Å²) >= 11 is 0. The van der Waals surface area contributed by atoms with Crippen molar-refractivity contribution >= 4 is 17.7 Å². The molecule has 0 spiro atoms. The van der Waals surface area contributed by atoms with E-state index in [0.29, 0.717) is 0 Å². The largest absolute Gasteiger partial charge is 0.481 e. The number of aliphatic carboxylic acids is 1. The predicted octanol–water partition coefficient (Wildman–Crippen LogP) is 1.49. The second kappa shape index (κ2) is 6.52. The van der Waals surface area contributed by atoms with Crippen molar-refractivity contribution in [2.45, 2.75) is 0 Å². The van der Waals surface area contributed by atoms with Gasteiger partial charge in [0.05, 0.1) is 4.92 Å². The first-order valence-electron chi connectivity index (χ1n) is 5.13. The molecule has 0 radical (unpaired) electrons. The molecule has 1 aromatic rings. The summed E-state index contributed by atoms with van der Waals surface area (Å²) < 4.78 is 4.94. The van der Waals surface area contributed by atoms with Gasteiger partial charge in [-0.05, 0) is 12.1 Å². The number of nitriles is 2. The summed E-state index contributed by atoms with van der Waals surface area (Å²) in [5.74, 6) is -1.19. The van der Waals surface area contributed by atoms with Crippen LogP contribution in [0.3, 0.4) is 0 Å². The van der Waals surface area contributed by atoms with E-state index in [4.69, 9.17) is 20.4 Å². The van der Waals surface area contributed by atoms with Crippen molar-refractivity contribution in [1.29, 1.82) is 10.5 Å². The molecule has 0 bridgehead atoms. The van der Waals surface area contributed by atoms with Gasteiger partial charge < -0.3 is 9.84 Å². The van der Waals surface area contributed by atoms with E-state index in [-0.39, 0.29) is 22.6 Å². The fraction of sp³-hybridized carbons (Fsp3) is 0.0833. The quantitative estimate of drug-likeness (QED) is 0.487. The number of ether oxygens (including phenoxy) is 1. The SMILES string of the molecule is N#CC(C#N)=Cc1cc([N+](=O)[O-])ccc1OCC(=O)O. The first kappa shape index (κ1) is 14.7. The lowest BCUT2D eigenvalue weighted by Crippen LogP contribution is -2.10. The van der Waals surface area contributed by atoms with Gasteiger partial charge in [0.15, 0.2) is 6.61 Å². The minimum Gasteiger partial charge on any atom is -0.481 e. The molecule has 8 nitrogen and oxygen atoms in total. The highest BCUT2D eigenvalue weighted by Crippen LogP contribution is 2.26. The predicted molar refractivity (Wildman–Crippen MR) is 65.4 cm³/mol. The molecule has 1 rings (SSSR count). The van der Waals surface area contributed by atoms with E-state index in [1.807, 2.05) is 0 Å². The maximum Gasteiger partial charge on any atom is 0.341 e. The molecule has 0 saturated heterocycles. The first-order chi connectivity index (χ1) is 9.47.